The van der Waals surface area contributed by atoms with Crippen LogP contribution in [0.15, 0.2) is 134 Å². The van der Waals surface area contributed by atoms with E-state index in [0.717, 1.165) is 22.3 Å². The smallest absolute Gasteiger partial charge is 0.543 e. The molecular weight excluding hydrogens is 639 g/mol. The number of hydrogen-bond acceptors (Lipinski definition) is 6. The minimum absolute atomic E-state index is 0. The maximum absolute atomic E-state index is 11.4. The van der Waals surface area contributed by atoms with Crippen molar-refractivity contribution in [3.8, 4) is 0 Å². The topological polar surface area (TPSA) is 122 Å². The molecule has 0 fully saturated rings. The minimum atomic E-state index is -1.26. The van der Waals surface area contributed by atoms with Gasteiger partial charge < -0.3 is 38.9 Å². The number of H-pyrrole nitrogens is 2. The number of imidazole rings is 2. The number of carbonyl (C=O) groups excluding carboxylic acids is 2. The van der Waals surface area contributed by atoms with Crippen molar-refractivity contribution in [1.82, 2.24) is 19.1 Å². The maximum Gasteiger partial charge on any atom is 1.00 e. The second kappa shape index (κ2) is 17.6. The molecule has 46 heavy (non-hydrogen) atoms. The SMILES string of the molecule is O=C([O-])c1c[nH]c(=S)n1C(c1ccccc1)c1ccccc1.O=C([O-])c1c[nH]c(=S)n1C(c1ccccc1)c1ccccc1.[Na+].[Na+]. The third-order valence-corrected chi connectivity index (χ3v) is 7.65. The summed E-state index contributed by atoms with van der Waals surface area (Å²) < 4.78 is 3.85. The maximum atomic E-state index is 11.4. The van der Waals surface area contributed by atoms with E-state index in [1.807, 2.05) is 121 Å². The monoisotopic (exact) mass is 664 g/mol. The number of carboxylic acid groups (broad SMARTS) is 2. The zero-order valence-electron chi connectivity index (χ0n) is 25.2. The van der Waals surface area contributed by atoms with Crippen molar-refractivity contribution in [3.63, 3.8) is 0 Å². The molecule has 8 nitrogen and oxygen atoms in total. The molecule has 0 amide bonds. The van der Waals surface area contributed by atoms with Gasteiger partial charge in [0.05, 0.1) is 35.4 Å². The minimum Gasteiger partial charge on any atom is -0.543 e. The van der Waals surface area contributed by atoms with E-state index in [4.69, 9.17) is 24.4 Å². The van der Waals surface area contributed by atoms with Gasteiger partial charge in [-0.2, -0.15) is 0 Å². The number of aromatic carboxylic acids is 2. The second-order valence-electron chi connectivity index (χ2n) is 9.72. The van der Waals surface area contributed by atoms with Crippen LogP contribution in [0, 0.1) is 9.54 Å². The number of benzene rings is 4. The predicted molar refractivity (Wildman–Crippen MR) is 168 cm³/mol. The van der Waals surface area contributed by atoms with Crippen LogP contribution in [-0.4, -0.2) is 31.0 Å². The van der Waals surface area contributed by atoms with Gasteiger partial charge in [0.15, 0.2) is 9.54 Å². The third-order valence-electron chi connectivity index (χ3n) is 7.02. The number of hydrogen-bond donors (Lipinski definition) is 2. The molecule has 0 aliphatic heterocycles. The Kier molecular flexibility index (Phi) is 14.2. The van der Waals surface area contributed by atoms with Crippen LogP contribution in [0.3, 0.4) is 0 Å². The zero-order chi connectivity index (χ0) is 31.1. The third kappa shape index (κ3) is 8.52. The summed E-state index contributed by atoms with van der Waals surface area (Å²) >= 11 is 10.6. The fourth-order valence-corrected chi connectivity index (χ4v) is 5.63. The molecule has 4 aromatic carbocycles. The van der Waals surface area contributed by atoms with Gasteiger partial charge in [0, 0.05) is 12.4 Å². The number of nitrogens with zero attached hydrogens (tertiary/aromatic N) is 2. The molecule has 6 aromatic rings. The molecule has 0 saturated carbocycles. The quantitative estimate of drug-likeness (QED) is 0.161. The Morgan fingerprint density at radius 2 is 0.739 bits per heavy atom. The van der Waals surface area contributed by atoms with Crippen molar-refractivity contribution in [1.29, 1.82) is 0 Å². The number of aromatic nitrogens is 4. The summed E-state index contributed by atoms with van der Waals surface area (Å²) in [5.41, 5.74) is 3.86. The van der Waals surface area contributed by atoms with Gasteiger partial charge >= 0.3 is 59.1 Å². The standard InChI is InChI=1S/2C17H14N2O2S.2Na/c2*20-16(21)14-11-18-17(22)19(14)15(12-7-3-1-4-8-12)13-9-5-2-6-10-13;;/h2*1-11,15H,(H,18,22)(H,20,21);;/q;;2*+1/p-2. The van der Waals surface area contributed by atoms with E-state index in [-0.39, 0.29) is 82.6 Å². The van der Waals surface area contributed by atoms with Crippen LogP contribution in [0.25, 0.3) is 0 Å². The van der Waals surface area contributed by atoms with Crippen molar-refractivity contribution in [2.75, 3.05) is 0 Å². The molecule has 2 heterocycles. The molecule has 0 atom stereocenters. The van der Waals surface area contributed by atoms with Crippen LogP contribution in [0.4, 0.5) is 0 Å². The van der Waals surface area contributed by atoms with E-state index in [1.54, 1.807) is 9.13 Å². The van der Waals surface area contributed by atoms with Gasteiger partial charge in [0.25, 0.3) is 0 Å². The summed E-state index contributed by atoms with van der Waals surface area (Å²) in [6.07, 6.45) is 2.74. The van der Waals surface area contributed by atoms with Gasteiger partial charge in [-0.15, -0.1) is 0 Å². The average Bonchev–Trinajstić information content (AvgIpc) is 3.63. The van der Waals surface area contributed by atoms with Crippen LogP contribution in [0.2, 0.25) is 0 Å². The molecule has 0 spiro atoms. The Labute approximate surface area is 320 Å². The van der Waals surface area contributed by atoms with Gasteiger partial charge in [0.1, 0.15) is 0 Å². The normalized spacial score (nSPS) is 10.3. The molecular formula is C34H26N4Na2O4S2. The van der Waals surface area contributed by atoms with Crippen molar-refractivity contribution >= 4 is 36.4 Å². The number of rotatable bonds is 8. The number of carboxylic acids is 2. The Bertz CT molecular complexity index is 1750. The first-order valence-electron chi connectivity index (χ1n) is 13.6. The molecule has 6 rings (SSSR count). The van der Waals surface area contributed by atoms with Gasteiger partial charge in [-0.1, -0.05) is 121 Å². The Morgan fingerprint density at radius 3 is 0.957 bits per heavy atom. The molecule has 0 bridgehead atoms. The molecule has 0 unspecified atom stereocenters. The number of aromatic amines is 2. The van der Waals surface area contributed by atoms with E-state index in [9.17, 15) is 19.8 Å². The van der Waals surface area contributed by atoms with Crippen molar-refractivity contribution < 1.29 is 78.9 Å². The fourth-order valence-electron chi connectivity index (χ4n) is 5.11. The van der Waals surface area contributed by atoms with Crippen LogP contribution < -0.4 is 69.3 Å². The largest absolute Gasteiger partial charge is 1.00 e. The van der Waals surface area contributed by atoms with Crippen molar-refractivity contribution in [2.45, 2.75) is 12.1 Å². The van der Waals surface area contributed by atoms with E-state index >= 15 is 0 Å². The predicted octanol–water partition coefficient (Wildman–Crippen LogP) is -0.898. The summed E-state index contributed by atoms with van der Waals surface area (Å²) in [5, 5.41) is 22.8. The fraction of sp³-hybridized carbons (Fsp3) is 0.0588. The Hall–Kier alpha value is -3.32. The molecule has 2 aromatic heterocycles. The summed E-state index contributed by atoms with van der Waals surface area (Å²) in [4.78, 5) is 28.4. The molecule has 0 aliphatic rings. The number of nitrogens with one attached hydrogen (secondary N) is 2. The summed E-state index contributed by atoms with van der Waals surface area (Å²) in [6.45, 7) is 0. The summed E-state index contributed by atoms with van der Waals surface area (Å²) in [6, 6.07) is 38.0. The van der Waals surface area contributed by atoms with E-state index in [2.05, 4.69) is 9.97 Å². The van der Waals surface area contributed by atoms with Gasteiger partial charge in [-0.3, -0.25) is 0 Å². The molecule has 12 heteroatoms. The van der Waals surface area contributed by atoms with Crippen LogP contribution in [0.5, 0.6) is 0 Å². The van der Waals surface area contributed by atoms with E-state index in [0.29, 0.717) is 9.54 Å². The van der Waals surface area contributed by atoms with Crippen molar-refractivity contribution in [2.24, 2.45) is 0 Å². The van der Waals surface area contributed by atoms with Crippen LogP contribution in [-0.2, 0) is 0 Å². The van der Waals surface area contributed by atoms with E-state index in [1.165, 1.54) is 12.4 Å². The van der Waals surface area contributed by atoms with Crippen LogP contribution in [0.1, 0.15) is 55.3 Å². The van der Waals surface area contributed by atoms with E-state index < -0.39 is 11.9 Å². The summed E-state index contributed by atoms with van der Waals surface area (Å²) in [5.74, 6) is -2.52. The molecule has 2 N–H and O–H groups in total. The second-order valence-corrected chi connectivity index (χ2v) is 10.5. The van der Waals surface area contributed by atoms with Crippen LogP contribution >= 0.6 is 24.4 Å². The average molecular weight is 665 g/mol. The Morgan fingerprint density at radius 1 is 0.500 bits per heavy atom. The molecule has 220 valence electrons. The molecule has 0 saturated heterocycles. The summed E-state index contributed by atoms with van der Waals surface area (Å²) in [7, 11) is 0. The zero-order valence-corrected chi connectivity index (χ0v) is 30.8. The molecule has 0 aliphatic carbocycles. The van der Waals surface area contributed by atoms with Gasteiger partial charge in [-0.25, -0.2) is 0 Å². The van der Waals surface area contributed by atoms with Gasteiger partial charge in [-0.05, 0) is 46.7 Å². The Balaban J connectivity index is 0.000000240. The van der Waals surface area contributed by atoms with Crippen molar-refractivity contribution in [3.05, 3.63) is 177 Å². The number of carbonyl (C=O) groups is 2. The van der Waals surface area contributed by atoms with Gasteiger partial charge in [0.2, 0.25) is 0 Å². The molecule has 0 radical (unpaired) electrons. The first-order chi connectivity index (χ1) is 21.4. The first kappa shape index (κ1) is 37.1. The first-order valence-corrected chi connectivity index (χ1v) is 14.4.